The molecule has 18 heavy (non-hydrogen) atoms. The Balaban J connectivity index is 2.54. The second-order valence-electron chi connectivity index (χ2n) is 5.22. The number of hydrogen-bond donors (Lipinski definition) is 1. The summed E-state index contributed by atoms with van der Waals surface area (Å²) in [6.07, 6.45) is 0.671. The number of alkyl halides is 1. The Morgan fingerprint density at radius 3 is 2.44 bits per heavy atom. The second-order valence-corrected chi connectivity index (χ2v) is 5.49. The summed E-state index contributed by atoms with van der Waals surface area (Å²) in [6, 6.07) is 6.29. The summed E-state index contributed by atoms with van der Waals surface area (Å²) in [5.74, 6) is -0.0342. The van der Waals surface area contributed by atoms with E-state index in [0.29, 0.717) is 6.42 Å². The van der Waals surface area contributed by atoms with E-state index >= 15 is 0 Å². The Morgan fingerprint density at radius 2 is 1.94 bits per heavy atom. The first kappa shape index (κ1) is 15.0. The van der Waals surface area contributed by atoms with E-state index in [2.05, 4.69) is 5.32 Å². The number of amides is 1. The van der Waals surface area contributed by atoms with Crippen LogP contribution in [-0.4, -0.2) is 17.8 Å². The number of carbonyl (C=O) groups is 1. The van der Waals surface area contributed by atoms with Crippen LogP contribution >= 0.6 is 11.6 Å². The Hall–Kier alpha value is -1.09. The van der Waals surface area contributed by atoms with Crippen molar-refractivity contribution >= 4 is 17.5 Å². The molecule has 0 heterocycles. The van der Waals surface area contributed by atoms with Gasteiger partial charge in [0, 0.05) is 11.9 Å². The van der Waals surface area contributed by atoms with Crippen molar-refractivity contribution in [1.29, 1.82) is 0 Å². The van der Waals surface area contributed by atoms with Crippen LogP contribution in [0.3, 0.4) is 0 Å². The molecule has 1 amide bonds. The van der Waals surface area contributed by atoms with E-state index in [-0.39, 0.29) is 23.6 Å². The van der Waals surface area contributed by atoms with E-state index < -0.39 is 5.41 Å². The maximum Gasteiger partial charge on any atom is 0.227 e. The zero-order valence-corrected chi connectivity index (χ0v) is 11.7. The van der Waals surface area contributed by atoms with Gasteiger partial charge < -0.3 is 5.32 Å². The third kappa shape index (κ3) is 4.30. The predicted molar refractivity (Wildman–Crippen MR) is 72.2 cm³/mol. The van der Waals surface area contributed by atoms with E-state index in [1.807, 2.05) is 6.92 Å². The Bertz CT molecular complexity index is 403. The molecule has 0 aliphatic heterocycles. The van der Waals surface area contributed by atoms with Crippen LogP contribution in [0.2, 0.25) is 0 Å². The molecule has 100 valence electrons. The second kappa shape index (κ2) is 6.19. The van der Waals surface area contributed by atoms with Gasteiger partial charge in [0.05, 0.1) is 5.41 Å². The van der Waals surface area contributed by atoms with E-state index in [1.54, 1.807) is 26.0 Å². The van der Waals surface area contributed by atoms with Gasteiger partial charge in [0.25, 0.3) is 0 Å². The molecule has 0 saturated carbocycles. The van der Waals surface area contributed by atoms with Crippen molar-refractivity contribution < 1.29 is 9.18 Å². The molecule has 0 radical (unpaired) electrons. The minimum atomic E-state index is -0.571. The maximum atomic E-state index is 12.8. The zero-order valence-electron chi connectivity index (χ0n) is 11.0. The highest BCUT2D eigenvalue weighted by molar-refractivity contribution is 6.19. The van der Waals surface area contributed by atoms with Gasteiger partial charge in [-0.1, -0.05) is 12.1 Å². The number of carbonyl (C=O) groups excluding carboxylic acids is 1. The molecular weight excluding hydrogens is 253 g/mol. The fourth-order valence-electron chi connectivity index (χ4n) is 1.50. The first-order chi connectivity index (χ1) is 8.35. The smallest absolute Gasteiger partial charge is 0.227 e. The van der Waals surface area contributed by atoms with E-state index in [4.69, 9.17) is 11.6 Å². The van der Waals surface area contributed by atoms with Crippen LogP contribution in [0.25, 0.3) is 0 Å². The molecule has 1 atom stereocenters. The maximum absolute atomic E-state index is 12.8. The number of rotatable bonds is 5. The molecule has 1 aromatic carbocycles. The number of benzene rings is 1. The van der Waals surface area contributed by atoms with E-state index in [1.165, 1.54) is 12.1 Å². The van der Waals surface area contributed by atoms with Gasteiger partial charge in [-0.15, -0.1) is 11.6 Å². The summed E-state index contributed by atoms with van der Waals surface area (Å²) >= 11 is 5.75. The van der Waals surface area contributed by atoms with E-state index in [9.17, 15) is 9.18 Å². The molecule has 0 aromatic heterocycles. The SMILES string of the molecule is CC(Cc1ccc(F)cc1)NC(=O)C(C)(C)CCl. The third-order valence-corrected chi connectivity index (χ3v) is 3.45. The molecule has 4 heteroatoms. The van der Waals surface area contributed by atoms with Gasteiger partial charge >= 0.3 is 0 Å². The summed E-state index contributed by atoms with van der Waals surface area (Å²) in [5, 5.41) is 2.92. The van der Waals surface area contributed by atoms with Crippen LogP contribution < -0.4 is 5.32 Å². The molecule has 0 saturated heterocycles. The first-order valence-electron chi connectivity index (χ1n) is 5.96. The molecule has 1 rings (SSSR count). The standard InChI is InChI=1S/C14H19ClFNO/c1-10(17-13(18)14(2,3)9-15)8-11-4-6-12(16)7-5-11/h4-7,10H,8-9H2,1-3H3,(H,17,18). The molecule has 1 aromatic rings. The average molecular weight is 272 g/mol. The van der Waals surface area contributed by atoms with Crippen LogP contribution in [-0.2, 0) is 11.2 Å². The van der Waals surface area contributed by atoms with Gasteiger partial charge in [-0.05, 0) is 44.9 Å². The lowest BCUT2D eigenvalue weighted by molar-refractivity contribution is -0.128. The van der Waals surface area contributed by atoms with Crippen molar-refractivity contribution in [3.8, 4) is 0 Å². The van der Waals surface area contributed by atoms with Crippen LogP contribution in [0.15, 0.2) is 24.3 Å². The summed E-state index contributed by atoms with van der Waals surface area (Å²) in [5.41, 5.74) is 0.423. The third-order valence-electron chi connectivity index (χ3n) is 2.78. The predicted octanol–water partition coefficient (Wildman–Crippen LogP) is 3.14. The van der Waals surface area contributed by atoms with Crippen molar-refractivity contribution in [3.63, 3.8) is 0 Å². The minimum absolute atomic E-state index is 0.00884. The van der Waals surface area contributed by atoms with Crippen LogP contribution in [0, 0.1) is 11.2 Å². The zero-order chi connectivity index (χ0) is 13.8. The summed E-state index contributed by atoms with van der Waals surface area (Å²) in [4.78, 5) is 11.9. The van der Waals surface area contributed by atoms with E-state index in [0.717, 1.165) is 5.56 Å². The molecule has 1 unspecified atom stereocenters. The molecule has 0 aliphatic carbocycles. The lowest BCUT2D eigenvalue weighted by atomic mass is 9.94. The molecular formula is C14H19ClFNO. The van der Waals surface area contributed by atoms with Crippen molar-refractivity contribution in [2.24, 2.45) is 5.41 Å². The highest BCUT2D eigenvalue weighted by Gasteiger charge is 2.27. The number of halogens is 2. The molecule has 0 aliphatic rings. The van der Waals surface area contributed by atoms with Gasteiger partial charge in [-0.25, -0.2) is 4.39 Å². The minimum Gasteiger partial charge on any atom is -0.353 e. The molecule has 0 bridgehead atoms. The lowest BCUT2D eigenvalue weighted by Gasteiger charge is -2.23. The number of hydrogen-bond acceptors (Lipinski definition) is 1. The molecule has 1 N–H and O–H groups in total. The quantitative estimate of drug-likeness (QED) is 0.819. The van der Waals surface area contributed by atoms with Gasteiger partial charge in [0.2, 0.25) is 5.91 Å². The van der Waals surface area contributed by atoms with Crippen LogP contribution in [0.4, 0.5) is 4.39 Å². The largest absolute Gasteiger partial charge is 0.353 e. The highest BCUT2D eigenvalue weighted by Crippen LogP contribution is 2.17. The normalized spacial score (nSPS) is 13.2. The van der Waals surface area contributed by atoms with Gasteiger partial charge in [0.1, 0.15) is 5.82 Å². The lowest BCUT2D eigenvalue weighted by Crippen LogP contribution is -2.43. The van der Waals surface area contributed by atoms with Crippen molar-refractivity contribution in [3.05, 3.63) is 35.6 Å². The number of nitrogens with one attached hydrogen (secondary N) is 1. The Labute approximate surface area is 113 Å². The monoisotopic (exact) mass is 271 g/mol. The van der Waals surface area contributed by atoms with Crippen LogP contribution in [0.5, 0.6) is 0 Å². The summed E-state index contributed by atoms with van der Waals surface area (Å²) < 4.78 is 12.8. The topological polar surface area (TPSA) is 29.1 Å². The van der Waals surface area contributed by atoms with Crippen molar-refractivity contribution in [1.82, 2.24) is 5.32 Å². The molecule has 2 nitrogen and oxygen atoms in total. The summed E-state index contributed by atoms with van der Waals surface area (Å²) in [6.45, 7) is 5.53. The van der Waals surface area contributed by atoms with Crippen LogP contribution in [0.1, 0.15) is 26.3 Å². The average Bonchev–Trinajstić information content (AvgIpc) is 2.32. The fourth-order valence-corrected chi connectivity index (χ4v) is 1.63. The van der Waals surface area contributed by atoms with Crippen molar-refractivity contribution in [2.45, 2.75) is 33.2 Å². The van der Waals surface area contributed by atoms with Crippen molar-refractivity contribution in [2.75, 3.05) is 5.88 Å². The van der Waals surface area contributed by atoms with Gasteiger partial charge in [0.15, 0.2) is 0 Å². The van der Waals surface area contributed by atoms with Gasteiger partial charge in [-0.3, -0.25) is 4.79 Å². The first-order valence-corrected chi connectivity index (χ1v) is 6.50. The molecule has 0 fully saturated rings. The van der Waals surface area contributed by atoms with Gasteiger partial charge in [-0.2, -0.15) is 0 Å². The Morgan fingerprint density at radius 1 is 1.39 bits per heavy atom. The fraction of sp³-hybridized carbons (Fsp3) is 0.500. The summed E-state index contributed by atoms with van der Waals surface area (Å²) in [7, 11) is 0. The highest BCUT2D eigenvalue weighted by atomic mass is 35.5. The molecule has 0 spiro atoms. The Kier molecular flexibility index (Phi) is 5.15.